The molecule has 2 heterocycles. The number of ether oxygens (including phenoxy) is 1. The molecule has 7 heteroatoms. The van der Waals surface area contributed by atoms with Gasteiger partial charge in [-0.3, -0.25) is 9.36 Å². The molecule has 1 aliphatic heterocycles. The maximum atomic E-state index is 12.0. The van der Waals surface area contributed by atoms with E-state index in [-0.39, 0.29) is 17.6 Å². The van der Waals surface area contributed by atoms with E-state index in [9.17, 15) is 4.79 Å². The van der Waals surface area contributed by atoms with E-state index in [0.29, 0.717) is 19.8 Å². The van der Waals surface area contributed by atoms with Gasteiger partial charge in [0.1, 0.15) is 0 Å². The predicted octanol–water partition coefficient (Wildman–Crippen LogP) is 1.23. The molecule has 2 aromatic rings. The summed E-state index contributed by atoms with van der Waals surface area (Å²) in [5.41, 5.74) is 1.58. The van der Waals surface area contributed by atoms with E-state index in [1.165, 1.54) is 11.3 Å². The summed E-state index contributed by atoms with van der Waals surface area (Å²) in [5.74, 6) is 0. The summed E-state index contributed by atoms with van der Waals surface area (Å²) in [6.45, 7) is 5.64. The maximum absolute atomic E-state index is 12.0. The first-order valence-electron chi connectivity index (χ1n) is 6.92. The monoisotopic (exact) mass is 307 g/mol. The van der Waals surface area contributed by atoms with Gasteiger partial charge in [0.2, 0.25) is 0 Å². The normalized spacial score (nSPS) is 17.8. The minimum absolute atomic E-state index is 0.0350. The van der Waals surface area contributed by atoms with E-state index in [2.05, 4.69) is 0 Å². The van der Waals surface area contributed by atoms with Gasteiger partial charge in [-0.1, -0.05) is 17.4 Å². The smallest absolute Gasteiger partial charge is 0.404 e. The van der Waals surface area contributed by atoms with Crippen molar-refractivity contribution in [1.29, 1.82) is 0 Å². The molecule has 1 aliphatic rings. The predicted molar refractivity (Wildman–Crippen MR) is 84.5 cm³/mol. The van der Waals surface area contributed by atoms with Gasteiger partial charge in [-0.05, 0) is 31.4 Å². The van der Waals surface area contributed by atoms with E-state index < -0.39 is 0 Å². The van der Waals surface area contributed by atoms with Crippen LogP contribution in [0.5, 0.6) is 0 Å². The number of hydrogen-bond donors (Lipinski definition) is 0. The van der Waals surface area contributed by atoms with Crippen molar-refractivity contribution in [1.82, 2.24) is 4.57 Å². The molecule has 0 aliphatic carbocycles. The second-order valence-corrected chi connectivity index (χ2v) is 6.75. The molecule has 0 unspecified atom stereocenters. The van der Waals surface area contributed by atoms with Crippen molar-refractivity contribution in [3.8, 4) is 0 Å². The van der Waals surface area contributed by atoms with Crippen molar-refractivity contribution in [3.05, 3.63) is 27.9 Å². The lowest BCUT2D eigenvalue weighted by molar-refractivity contribution is 0.137. The van der Waals surface area contributed by atoms with Gasteiger partial charge in [0.25, 0.3) is 0 Å². The van der Waals surface area contributed by atoms with Gasteiger partial charge >= 0.3 is 12.0 Å². The molecular formula is C14H18BNO4S. The van der Waals surface area contributed by atoms with E-state index in [4.69, 9.17) is 14.0 Å². The van der Waals surface area contributed by atoms with Gasteiger partial charge < -0.3 is 14.0 Å². The Morgan fingerprint density at radius 1 is 1.48 bits per heavy atom. The number of nitrogens with zero attached hydrogens (tertiary/aromatic N) is 1. The molecule has 112 valence electrons. The highest BCUT2D eigenvalue weighted by molar-refractivity contribution is 7.16. The molecule has 1 aromatic carbocycles. The van der Waals surface area contributed by atoms with Gasteiger partial charge in [0.05, 0.1) is 35.6 Å². The Labute approximate surface area is 127 Å². The number of methoxy groups -OCH3 is 1. The van der Waals surface area contributed by atoms with Gasteiger partial charge in [0.15, 0.2) is 0 Å². The largest absolute Gasteiger partial charge is 0.494 e. The Morgan fingerprint density at radius 3 is 2.95 bits per heavy atom. The lowest BCUT2D eigenvalue weighted by atomic mass is 9.79. The van der Waals surface area contributed by atoms with Crippen molar-refractivity contribution < 1.29 is 14.0 Å². The Balaban J connectivity index is 1.97. The van der Waals surface area contributed by atoms with Gasteiger partial charge in [-0.15, -0.1) is 0 Å². The number of aromatic nitrogens is 1. The Bertz CT molecular complexity index is 709. The first-order chi connectivity index (χ1) is 10.00. The molecule has 1 fully saturated rings. The summed E-state index contributed by atoms with van der Waals surface area (Å²) < 4.78 is 19.4. The zero-order valence-electron chi connectivity index (χ0n) is 12.4. The third-order valence-corrected chi connectivity index (χ3v) is 4.45. The second kappa shape index (κ2) is 5.57. The van der Waals surface area contributed by atoms with E-state index in [1.54, 1.807) is 11.7 Å². The van der Waals surface area contributed by atoms with Gasteiger partial charge in [-0.2, -0.15) is 0 Å². The zero-order valence-corrected chi connectivity index (χ0v) is 13.2. The molecule has 0 atom stereocenters. The van der Waals surface area contributed by atoms with Crippen LogP contribution in [0.15, 0.2) is 23.0 Å². The first kappa shape index (κ1) is 14.8. The van der Waals surface area contributed by atoms with E-state index in [0.717, 1.165) is 15.7 Å². The average Bonchev–Trinajstić information content (AvgIpc) is 2.95. The van der Waals surface area contributed by atoms with Gasteiger partial charge in [0, 0.05) is 7.11 Å². The summed E-state index contributed by atoms with van der Waals surface area (Å²) in [6, 6.07) is 5.90. The standard InChI is InChI=1S/C14H18BNO4S/c1-14(2)9-19-15(20-14)10-4-5-12-11(8-10)16(6-7-18-3)13(17)21-12/h4-5,8H,6-7,9H2,1-3H3. The molecule has 21 heavy (non-hydrogen) atoms. The first-order valence-corrected chi connectivity index (χ1v) is 7.73. The van der Waals surface area contributed by atoms with Crippen molar-refractivity contribution in [2.45, 2.75) is 26.0 Å². The van der Waals surface area contributed by atoms with Gasteiger partial charge in [-0.25, -0.2) is 0 Å². The van der Waals surface area contributed by atoms with Crippen LogP contribution < -0.4 is 10.3 Å². The fraction of sp³-hybridized carbons (Fsp3) is 0.500. The summed E-state index contributed by atoms with van der Waals surface area (Å²) in [6.07, 6.45) is 0. The van der Waals surface area contributed by atoms with Crippen LogP contribution in [0.4, 0.5) is 0 Å². The third kappa shape index (κ3) is 2.92. The van der Waals surface area contributed by atoms with E-state index >= 15 is 0 Å². The molecule has 1 aromatic heterocycles. The lowest BCUT2D eigenvalue weighted by Gasteiger charge is -2.15. The fourth-order valence-corrected chi connectivity index (χ4v) is 3.32. The summed E-state index contributed by atoms with van der Waals surface area (Å²) in [5, 5.41) is 0. The fourth-order valence-electron chi connectivity index (χ4n) is 2.42. The minimum atomic E-state index is -0.365. The number of benzene rings is 1. The molecule has 5 nitrogen and oxygen atoms in total. The number of fused-ring (bicyclic) bond motifs is 1. The van der Waals surface area contributed by atoms with Crippen molar-refractivity contribution in [3.63, 3.8) is 0 Å². The zero-order chi connectivity index (χ0) is 15.0. The quantitative estimate of drug-likeness (QED) is 0.797. The summed E-state index contributed by atoms with van der Waals surface area (Å²) in [4.78, 5) is 12.1. The van der Waals surface area contributed by atoms with Crippen molar-refractivity contribution >= 4 is 34.1 Å². The van der Waals surface area contributed by atoms with Crippen LogP contribution in [0.3, 0.4) is 0 Å². The molecule has 0 N–H and O–H groups in total. The molecule has 3 rings (SSSR count). The molecule has 0 spiro atoms. The minimum Gasteiger partial charge on any atom is -0.404 e. The second-order valence-electron chi connectivity index (χ2n) is 5.76. The van der Waals surface area contributed by atoms with Crippen LogP contribution in [0.1, 0.15) is 13.8 Å². The average molecular weight is 307 g/mol. The van der Waals surface area contributed by atoms with Crippen molar-refractivity contribution in [2.75, 3.05) is 20.3 Å². The Morgan fingerprint density at radius 2 is 2.29 bits per heavy atom. The maximum Gasteiger partial charge on any atom is 0.494 e. The number of hydrogen-bond acceptors (Lipinski definition) is 5. The molecule has 0 saturated carbocycles. The number of rotatable bonds is 4. The summed E-state index contributed by atoms with van der Waals surface area (Å²) in [7, 11) is 1.27. The topological polar surface area (TPSA) is 49.7 Å². The lowest BCUT2D eigenvalue weighted by Crippen LogP contribution is -2.34. The molecule has 0 bridgehead atoms. The Kier molecular flexibility index (Phi) is 3.92. The van der Waals surface area contributed by atoms with Crippen LogP contribution in [-0.2, 0) is 20.6 Å². The Hall–Kier alpha value is -1.15. The highest BCUT2D eigenvalue weighted by atomic mass is 32.1. The third-order valence-electron chi connectivity index (χ3n) is 3.49. The van der Waals surface area contributed by atoms with Crippen LogP contribution in [0.2, 0.25) is 0 Å². The highest BCUT2D eigenvalue weighted by Gasteiger charge is 2.38. The molecular weight excluding hydrogens is 289 g/mol. The van der Waals surface area contributed by atoms with Crippen molar-refractivity contribution in [2.24, 2.45) is 0 Å². The van der Waals surface area contributed by atoms with E-state index in [1.807, 2.05) is 32.0 Å². The van der Waals surface area contributed by atoms with Crippen LogP contribution >= 0.6 is 11.3 Å². The molecule has 1 saturated heterocycles. The molecule has 0 radical (unpaired) electrons. The van der Waals surface area contributed by atoms with Crippen LogP contribution in [0.25, 0.3) is 10.2 Å². The summed E-state index contributed by atoms with van der Waals surface area (Å²) >= 11 is 1.25. The van der Waals surface area contributed by atoms with Crippen LogP contribution in [-0.4, -0.2) is 37.6 Å². The van der Waals surface area contributed by atoms with Crippen LogP contribution in [0, 0.1) is 0 Å². The highest BCUT2D eigenvalue weighted by Crippen LogP contribution is 2.21. The molecule has 0 amide bonds. The SMILES string of the molecule is COCCn1c(=O)sc2ccc(B3OCC(C)(C)O3)cc21. The number of thiazole rings is 1.